The summed E-state index contributed by atoms with van der Waals surface area (Å²) < 4.78 is 11.2. The summed E-state index contributed by atoms with van der Waals surface area (Å²) >= 11 is 0. The second kappa shape index (κ2) is 12.4. The first-order chi connectivity index (χ1) is 9.43. The van der Waals surface area contributed by atoms with E-state index in [4.69, 9.17) is 9.47 Å². The number of unbranched alkanes of at least 4 members (excludes halogenated alkanes) is 4. The van der Waals surface area contributed by atoms with Crippen LogP contribution in [0.2, 0.25) is 0 Å². The average molecular weight is 266 g/mol. The van der Waals surface area contributed by atoms with Crippen LogP contribution in [0.1, 0.15) is 64.7 Å². The molecule has 1 heterocycles. The predicted octanol–water partition coefficient (Wildman–Crippen LogP) is 5.00. The van der Waals surface area contributed by atoms with Crippen LogP contribution in [0.4, 0.5) is 0 Å². The molecule has 1 atom stereocenters. The third-order valence-electron chi connectivity index (χ3n) is 3.31. The molecule has 19 heavy (non-hydrogen) atoms. The van der Waals surface area contributed by atoms with Gasteiger partial charge in [-0.15, -0.1) is 0 Å². The maximum atomic E-state index is 5.69. The van der Waals surface area contributed by atoms with Gasteiger partial charge in [0, 0.05) is 13.2 Å². The standard InChI is InChI=1S/C17H30O2/c1-2-3-4-5-6-7-8-9-10-12-15-18-17-14-11-13-16-19-17/h5-8,17H,2-4,9-16H2,1H3/b6-5-,8-7-. The molecule has 1 unspecified atom stereocenters. The molecule has 0 bridgehead atoms. The third-order valence-corrected chi connectivity index (χ3v) is 3.31. The lowest BCUT2D eigenvalue weighted by atomic mass is 10.2. The number of rotatable bonds is 10. The number of hydrogen-bond acceptors (Lipinski definition) is 2. The normalized spacial score (nSPS) is 20.6. The van der Waals surface area contributed by atoms with Crippen molar-refractivity contribution < 1.29 is 9.47 Å². The van der Waals surface area contributed by atoms with E-state index in [1.807, 2.05) is 0 Å². The SMILES string of the molecule is CCCC/C=C\C=C/CCCCOC1CCCCO1. The highest BCUT2D eigenvalue weighted by Crippen LogP contribution is 2.14. The molecule has 0 radical (unpaired) electrons. The van der Waals surface area contributed by atoms with E-state index < -0.39 is 0 Å². The summed E-state index contributed by atoms with van der Waals surface area (Å²) in [5.74, 6) is 0. The molecule has 1 aliphatic rings. The summed E-state index contributed by atoms with van der Waals surface area (Å²) in [6.07, 6.45) is 19.7. The molecule has 0 aromatic heterocycles. The summed E-state index contributed by atoms with van der Waals surface area (Å²) in [7, 11) is 0. The second-order valence-corrected chi connectivity index (χ2v) is 5.16. The van der Waals surface area contributed by atoms with Gasteiger partial charge in [-0.05, 0) is 44.9 Å². The fourth-order valence-corrected chi connectivity index (χ4v) is 2.09. The van der Waals surface area contributed by atoms with E-state index in [0.29, 0.717) is 0 Å². The lowest BCUT2D eigenvalue weighted by molar-refractivity contribution is -0.162. The highest BCUT2D eigenvalue weighted by Gasteiger charge is 2.12. The van der Waals surface area contributed by atoms with Gasteiger partial charge in [0.2, 0.25) is 0 Å². The summed E-state index contributed by atoms with van der Waals surface area (Å²) in [6.45, 7) is 3.94. The first-order valence-electron chi connectivity index (χ1n) is 7.98. The Bertz CT molecular complexity index is 240. The zero-order valence-electron chi connectivity index (χ0n) is 12.5. The molecule has 2 nitrogen and oxygen atoms in total. The molecule has 1 aliphatic heterocycles. The topological polar surface area (TPSA) is 18.5 Å². The Labute approximate surface area is 118 Å². The number of allylic oxidation sites excluding steroid dienone is 4. The molecular formula is C17H30O2. The Morgan fingerprint density at radius 3 is 2.53 bits per heavy atom. The van der Waals surface area contributed by atoms with Gasteiger partial charge in [0.05, 0.1) is 0 Å². The molecule has 0 aromatic rings. The predicted molar refractivity (Wildman–Crippen MR) is 81.2 cm³/mol. The molecule has 2 heteroatoms. The minimum atomic E-state index is 0.0748. The molecule has 0 N–H and O–H groups in total. The molecule has 1 saturated heterocycles. The van der Waals surface area contributed by atoms with E-state index in [1.165, 1.54) is 38.5 Å². The van der Waals surface area contributed by atoms with E-state index >= 15 is 0 Å². The van der Waals surface area contributed by atoms with Gasteiger partial charge in [0.25, 0.3) is 0 Å². The summed E-state index contributed by atoms with van der Waals surface area (Å²) in [5, 5.41) is 0. The monoisotopic (exact) mass is 266 g/mol. The van der Waals surface area contributed by atoms with Crippen LogP contribution in [0, 0.1) is 0 Å². The minimum absolute atomic E-state index is 0.0748. The van der Waals surface area contributed by atoms with Gasteiger partial charge in [0.15, 0.2) is 6.29 Å². The van der Waals surface area contributed by atoms with Crippen LogP contribution >= 0.6 is 0 Å². The van der Waals surface area contributed by atoms with Crippen molar-refractivity contribution in [1.82, 2.24) is 0 Å². The summed E-state index contributed by atoms with van der Waals surface area (Å²) in [6, 6.07) is 0. The summed E-state index contributed by atoms with van der Waals surface area (Å²) in [5.41, 5.74) is 0. The Kier molecular flexibility index (Phi) is 10.8. The zero-order valence-corrected chi connectivity index (χ0v) is 12.5. The van der Waals surface area contributed by atoms with Gasteiger partial charge in [-0.2, -0.15) is 0 Å². The van der Waals surface area contributed by atoms with Crippen molar-refractivity contribution >= 4 is 0 Å². The molecule has 1 fully saturated rings. The molecule has 1 rings (SSSR count). The molecule has 0 spiro atoms. The number of ether oxygens (including phenoxy) is 2. The van der Waals surface area contributed by atoms with E-state index in [1.54, 1.807) is 0 Å². The van der Waals surface area contributed by atoms with Gasteiger partial charge in [-0.1, -0.05) is 44.1 Å². The van der Waals surface area contributed by atoms with Crippen LogP contribution in [-0.2, 0) is 9.47 Å². The quantitative estimate of drug-likeness (QED) is 0.409. The van der Waals surface area contributed by atoms with Gasteiger partial charge in [-0.25, -0.2) is 0 Å². The lowest BCUT2D eigenvalue weighted by Crippen LogP contribution is -2.22. The van der Waals surface area contributed by atoms with Gasteiger partial charge in [-0.3, -0.25) is 0 Å². The van der Waals surface area contributed by atoms with Crippen molar-refractivity contribution in [3.63, 3.8) is 0 Å². The summed E-state index contributed by atoms with van der Waals surface area (Å²) in [4.78, 5) is 0. The fraction of sp³-hybridized carbons (Fsp3) is 0.765. The van der Waals surface area contributed by atoms with Crippen molar-refractivity contribution in [3.05, 3.63) is 24.3 Å². The van der Waals surface area contributed by atoms with E-state index in [0.717, 1.165) is 32.5 Å². The zero-order chi connectivity index (χ0) is 13.6. The van der Waals surface area contributed by atoms with Gasteiger partial charge >= 0.3 is 0 Å². The Morgan fingerprint density at radius 1 is 1.05 bits per heavy atom. The molecular weight excluding hydrogens is 236 g/mol. The van der Waals surface area contributed by atoms with E-state index in [9.17, 15) is 0 Å². The molecule has 110 valence electrons. The highest BCUT2D eigenvalue weighted by atomic mass is 16.7. The first kappa shape index (κ1) is 16.5. The van der Waals surface area contributed by atoms with Crippen molar-refractivity contribution in [1.29, 1.82) is 0 Å². The lowest BCUT2D eigenvalue weighted by Gasteiger charge is -2.22. The minimum Gasteiger partial charge on any atom is -0.353 e. The van der Waals surface area contributed by atoms with E-state index in [-0.39, 0.29) is 6.29 Å². The Balaban J connectivity index is 1.85. The van der Waals surface area contributed by atoms with Crippen LogP contribution in [0.25, 0.3) is 0 Å². The average Bonchev–Trinajstić information content (AvgIpc) is 2.46. The van der Waals surface area contributed by atoms with Crippen LogP contribution in [0.15, 0.2) is 24.3 Å². The van der Waals surface area contributed by atoms with Crippen molar-refractivity contribution in [2.24, 2.45) is 0 Å². The first-order valence-corrected chi connectivity index (χ1v) is 7.98. The highest BCUT2D eigenvalue weighted by molar-refractivity contribution is 5.02. The van der Waals surface area contributed by atoms with Crippen LogP contribution < -0.4 is 0 Å². The third kappa shape index (κ3) is 9.92. The number of hydrogen-bond donors (Lipinski definition) is 0. The van der Waals surface area contributed by atoms with Gasteiger partial charge < -0.3 is 9.47 Å². The molecule has 0 aromatic carbocycles. The second-order valence-electron chi connectivity index (χ2n) is 5.16. The fourth-order valence-electron chi connectivity index (χ4n) is 2.09. The maximum Gasteiger partial charge on any atom is 0.157 e. The Morgan fingerprint density at radius 2 is 1.84 bits per heavy atom. The Hall–Kier alpha value is -0.600. The van der Waals surface area contributed by atoms with Crippen molar-refractivity contribution in [3.8, 4) is 0 Å². The van der Waals surface area contributed by atoms with Crippen LogP contribution in [0.5, 0.6) is 0 Å². The molecule has 0 aliphatic carbocycles. The van der Waals surface area contributed by atoms with Crippen LogP contribution in [-0.4, -0.2) is 19.5 Å². The smallest absolute Gasteiger partial charge is 0.157 e. The van der Waals surface area contributed by atoms with Crippen molar-refractivity contribution in [2.45, 2.75) is 71.0 Å². The van der Waals surface area contributed by atoms with Crippen molar-refractivity contribution in [2.75, 3.05) is 13.2 Å². The largest absolute Gasteiger partial charge is 0.353 e. The van der Waals surface area contributed by atoms with Crippen LogP contribution in [0.3, 0.4) is 0 Å². The molecule has 0 saturated carbocycles. The molecule has 0 amide bonds. The maximum absolute atomic E-state index is 5.69. The van der Waals surface area contributed by atoms with Gasteiger partial charge in [0.1, 0.15) is 0 Å². The van der Waals surface area contributed by atoms with E-state index in [2.05, 4.69) is 31.2 Å².